The summed E-state index contributed by atoms with van der Waals surface area (Å²) in [5.74, 6) is 0.00493. The average Bonchev–Trinajstić information content (AvgIpc) is 3.16. The molecule has 4 N–H and O–H groups in total. The Morgan fingerprint density at radius 3 is 1.29 bits per heavy atom. The van der Waals surface area contributed by atoms with Gasteiger partial charge in [-0.15, -0.1) is 0 Å². The summed E-state index contributed by atoms with van der Waals surface area (Å²) in [6.07, 6.45) is 0. The van der Waals surface area contributed by atoms with Gasteiger partial charge in [0.15, 0.2) is 0 Å². The first-order valence-electron chi connectivity index (χ1n) is 16.8. The van der Waals surface area contributed by atoms with Crippen molar-refractivity contribution >= 4 is 76.6 Å². The van der Waals surface area contributed by atoms with E-state index >= 15 is 0 Å². The van der Waals surface area contributed by atoms with Crippen molar-refractivity contribution in [3.63, 3.8) is 0 Å². The quantitative estimate of drug-likeness (QED) is 0.0998. The maximum absolute atomic E-state index is 13.2. The monoisotopic (exact) mass is 772 g/mol. The van der Waals surface area contributed by atoms with Crippen molar-refractivity contribution in [1.82, 2.24) is 0 Å². The second-order valence-electron chi connectivity index (χ2n) is 12.2. The molecule has 0 fully saturated rings. The standard InChI is InChI=1S/C41H32N4O8S2/c1-27-36(44-40(46)42-30-15-8-17-32(25-30)52-54(48,49)38-23-6-13-28-11-2-4-19-34(28)38)21-10-22-37(27)45-41(47)43-31-16-9-18-33(26-31)53-55(50,51)39-24-7-14-29-12-3-5-20-35(29)39/h2-26H,1H3,(H2,42,44,46)(H2,43,45,47). The summed E-state index contributed by atoms with van der Waals surface area (Å²) in [5, 5.41) is 13.3. The lowest BCUT2D eigenvalue weighted by molar-refractivity contribution is 0.261. The molecule has 14 heteroatoms. The van der Waals surface area contributed by atoms with Gasteiger partial charge in [0, 0.05) is 45.7 Å². The van der Waals surface area contributed by atoms with Crippen molar-refractivity contribution in [3.05, 3.63) is 157 Å². The topological polar surface area (TPSA) is 169 Å². The summed E-state index contributed by atoms with van der Waals surface area (Å²) < 4.78 is 63.7. The molecule has 0 saturated heterocycles. The minimum atomic E-state index is -4.20. The smallest absolute Gasteiger partial charge is 0.339 e. The molecule has 7 rings (SSSR count). The molecule has 0 radical (unpaired) electrons. The minimum Gasteiger partial charge on any atom is -0.379 e. The number of hydrogen-bond acceptors (Lipinski definition) is 8. The predicted octanol–water partition coefficient (Wildman–Crippen LogP) is 9.12. The molecule has 276 valence electrons. The van der Waals surface area contributed by atoms with Crippen LogP contribution in [0.3, 0.4) is 0 Å². The lowest BCUT2D eigenvalue weighted by Crippen LogP contribution is -2.22. The maximum Gasteiger partial charge on any atom is 0.339 e. The summed E-state index contributed by atoms with van der Waals surface area (Å²) in [5.41, 5.74) is 1.84. The van der Waals surface area contributed by atoms with Gasteiger partial charge in [0.2, 0.25) is 0 Å². The number of nitrogens with one attached hydrogen (secondary N) is 4. The fourth-order valence-corrected chi connectivity index (χ4v) is 8.19. The van der Waals surface area contributed by atoms with E-state index in [0.717, 1.165) is 10.8 Å². The Morgan fingerprint density at radius 1 is 0.455 bits per heavy atom. The molecule has 0 saturated carbocycles. The van der Waals surface area contributed by atoms with Gasteiger partial charge in [-0.2, -0.15) is 16.8 Å². The number of anilines is 4. The number of benzene rings is 7. The molecule has 12 nitrogen and oxygen atoms in total. The van der Waals surface area contributed by atoms with Crippen molar-refractivity contribution in [3.8, 4) is 11.5 Å². The number of rotatable bonds is 10. The Labute approximate surface area is 317 Å². The number of amides is 4. The molecule has 4 amide bonds. The van der Waals surface area contributed by atoms with E-state index in [1.807, 2.05) is 36.4 Å². The molecule has 0 atom stereocenters. The summed E-state index contributed by atoms with van der Waals surface area (Å²) >= 11 is 0. The fourth-order valence-electron chi connectivity index (χ4n) is 5.90. The normalized spacial score (nSPS) is 11.4. The van der Waals surface area contributed by atoms with Crippen LogP contribution < -0.4 is 29.6 Å². The van der Waals surface area contributed by atoms with Gasteiger partial charge in [0.05, 0.1) is 0 Å². The molecule has 0 bridgehead atoms. The second-order valence-corrected chi connectivity index (χ2v) is 15.3. The van der Waals surface area contributed by atoms with E-state index in [1.54, 1.807) is 85.8 Å². The van der Waals surface area contributed by atoms with Gasteiger partial charge in [-0.05, 0) is 71.8 Å². The van der Waals surface area contributed by atoms with Gasteiger partial charge >= 0.3 is 32.3 Å². The zero-order chi connectivity index (χ0) is 38.6. The molecule has 0 unspecified atom stereocenters. The molecule has 55 heavy (non-hydrogen) atoms. The summed E-state index contributed by atoms with van der Waals surface area (Å²) in [6.45, 7) is 1.70. The number of urea groups is 2. The third-order valence-electron chi connectivity index (χ3n) is 8.46. The minimum absolute atomic E-state index is 0.00247. The molecular formula is C41H32N4O8S2. The van der Waals surface area contributed by atoms with Crippen LogP contribution in [-0.4, -0.2) is 28.9 Å². The molecule has 7 aromatic carbocycles. The largest absolute Gasteiger partial charge is 0.379 e. The highest BCUT2D eigenvalue weighted by Crippen LogP contribution is 2.30. The summed E-state index contributed by atoms with van der Waals surface area (Å²) in [7, 11) is -8.40. The van der Waals surface area contributed by atoms with Gasteiger partial charge in [-0.1, -0.05) is 91.0 Å². The zero-order valence-electron chi connectivity index (χ0n) is 29.0. The zero-order valence-corrected chi connectivity index (χ0v) is 30.6. The molecule has 0 aliphatic carbocycles. The van der Waals surface area contributed by atoms with E-state index < -0.39 is 32.3 Å². The van der Waals surface area contributed by atoms with Crippen LogP contribution in [0.25, 0.3) is 21.5 Å². The third-order valence-corrected chi connectivity index (χ3v) is 11.1. The van der Waals surface area contributed by atoms with Crippen LogP contribution in [0.5, 0.6) is 11.5 Å². The van der Waals surface area contributed by atoms with Crippen molar-refractivity contribution < 1.29 is 34.8 Å². The van der Waals surface area contributed by atoms with E-state index in [1.165, 1.54) is 36.4 Å². The fraction of sp³-hybridized carbons (Fsp3) is 0.0244. The van der Waals surface area contributed by atoms with E-state index in [0.29, 0.717) is 27.7 Å². The molecule has 0 heterocycles. The Hall–Kier alpha value is -6.90. The van der Waals surface area contributed by atoms with Gasteiger partial charge in [-0.3, -0.25) is 0 Å². The van der Waals surface area contributed by atoms with Gasteiger partial charge in [0.25, 0.3) is 0 Å². The average molecular weight is 773 g/mol. The highest BCUT2D eigenvalue weighted by atomic mass is 32.2. The van der Waals surface area contributed by atoms with Crippen LogP contribution in [0, 0.1) is 6.92 Å². The number of hydrogen-bond donors (Lipinski definition) is 4. The first-order valence-corrected chi connectivity index (χ1v) is 19.6. The summed E-state index contributed by atoms with van der Waals surface area (Å²) in [4.78, 5) is 26.1. The third kappa shape index (κ3) is 8.35. The first kappa shape index (κ1) is 36.5. The van der Waals surface area contributed by atoms with E-state index in [9.17, 15) is 26.4 Å². The second kappa shape index (κ2) is 15.2. The van der Waals surface area contributed by atoms with Crippen LogP contribution in [0.4, 0.5) is 32.3 Å². The van der Waals surface area contributed by atoms with Gasteiger partial charge in [-0.25, -0.2) is 9.59 Å². The van der Waals surface area contributed by atoms with Gasteiger partial charge < -0.3 is 29.6 Å². The number of fused-ring (bicyclic) bond motifs is 2. The van der Waals surface area contributed by atoms with E-state index in [2.05, 4.69) is 21.3 Å². The lowest BCUT2D eigenvalue weighted by atomic mass is 10.1. The van der Waals surface area contributed by atoms with Crippen LogP contribution in [0.2, 0.25) is 0 Å². The number of carbonyl (C=O) groups excluding carboxylic acids is 2. The Kier molecular flexibility index (Phi) is 10.1. The van der Waals surface area contributed by atoms with Crippen LogP contribution >= 0.6 is 0 Å². The van der Waals surface area contributed by atoms with Crippen LogP contribution in [0.1, 0.15) is 5.56 Å². The molecule has 7 aromatic rings. The van der Waals surface area contributed by atoms with Crippen molar-refractivity contribution in [2.75, 3.05) is 21.3 Å². The molecule has 0 spiro atoms. The Bertz CT molecular complexity index is 2630. The van der Waals surface area contributed by atoms with E-state index in [-0.39, 0.29) is 32.7 Å². The number of carbonyl (C=O) groups is 2. The SMILES string of the molecule is Cc1c(NC(=O)Nc2cccc(OS(=O)(=O)c3cccc4ccccc34)c2)cccc1NC(=O)Nc1cccc(OS(=O)(=O)c2cccc3ccccc23)c1. The Morgan fingerprint density at radius 2 is 0.836 bits per heavy atom. The Balaban J connectivity index is 0.977. The predicted molar refractivity (Wildman–Crippen MR) is 213 cm³/mol. The van der Waals surface area contributed by atoms with Gasteiger partial charge in [0.1, 0.15) is 21.3 Å². The molecule has 0 aromatic heterocycles. The van der Waals surface area contributed by atoms with Crippen LogP contribution in [-0.2, 0) is 20.2 Å². The maximum atomic E-state index is 13.2. The molecular weight excluding hydrogens is 741 g/mol. The van der Waals surface area contributed by atoms with E-state index in [4.69, 9.17) is 8.37 Å². The van der Waals surface area contributed by atoms with Crippen LogP contribution in [0.15, 0.2) is 161 Å². The summed E-state index contributed by atoms with van der Waals surface area (Å²) in [6, 6.07) is 39.6. The van der Waals surface area contributed by atoms with Crippen molar-refractivity contribution in [1.29, 1.82) is 0 Å². The van der Waals surface area contributed by atoms with Crippen molar-refractivity contribution in [2.45, 2.75) is 16.7 Å². The molecule has 0 aliphatic rings. The first-order chi connectivity index (χ1) is 26.4. The highest BCUT2D eigenvalue weighted by Gasteiger charge is 2.22. The van der Waals surface area contributed by atoms with Crippen molar-refractivity contribution in [2.24, 2.45) is 0 Å². The highest BCUT2D eigenvalue weighted by molar-refractivity contribution is 7.87. The lowest BCUT2D eigenvalue weighted by Gasteiger charge is -2.15. The molecule has 0 aliphatic heterocycles.